The molecule has 0 radical (unpaired) electrons. The summed E-state index contributed by atoms with van der Waals surface area (Å²) < 4.78 is 55.2. The molecular formula is C32H29ClF4N10O2. The number of amides is 2. The van der Waals surface area contributed by atoms with Crippen LogP contribution in [0.15, 0.2) is 89.5 Å². The number of aromatic nitrogens is 4. The summed E-state index contributed by atoms with van der Waals surface area (Å²) in [5.74, 6) is -0.874. The highest BCUT2D eigenvalue weighted by Crippen LogP contribution is 2.42. The maximum absolute atomic E-state index is 13.9. The van der Waals surface area contributed by atoms with Crippen LogP contribution >= 0.6 is 11.6 Å². The molecule has 1 fully saturated rings. The number of hydrogen-bond donors (Lipinski definition) is 5. The second-order valence-electron chi connectivity index (χ2n) is 11.3. The summed E-state index contributed by atoms with van der Waals surface area (Å²) in [4.78, 5) is 34.8. The zero-order valence-corrected chi connectivity index (χ0v) is 26.5. The van der Waals surface area contributed by atoms with Crippen molar-refractivity contribution in [3.05, 3.63) is 123 Å². The van der Waals surface area contributed by atoms with E-state index in [-0.39, 0.29) is 29.2 Å². The number of benzene rings is 2. The predicted octanol–water partition coefficient (Wildman–Crippen LogP) is 3.79. The van der Waals surface area contributed by atoms with Crippen LogP contribution in [0.2, 0.25) is 5.02 Å². The second kappa shape index (κ2) is 13.7. The molecule has 5 N–H and O–H groups in total. The van der Waals surface area contributed by atoms with E-state index in [1.54, 1.807) is 42.3 Å². The minimum atomic E-state index is -4.53. The molecule has 1 atom stereocenters. The lowest BCUT2D eigenvalue weighted by Crippen LogP contribution is -2.36. The fourth-order valence-corrected chi connectivity index (χ4v) is 5.57. The lowest BCUT2D eigenvalue weighted by Gasteiger charge is -2.27. The molecule has 2 aliphatic rings. The van der Waals surface area contributed by atoms with E-state index in [9.17, 15) is 27.2 Å². The number of pyridine rings is 1. The highest BCUT2D eigenvalue weighted by Gasteiger charge is 2.65. The Morgan fingerprint density at radius 2 is 1.76 bits per heavy atom. The molecule has 2 aromatic heterocycles. The van der Waals surface area contributed by atoms with Gasteiger partial charge in [0.25, 0.3) is 11.8 Å². The Morgan fingerprint density at radius 1 is 1.02 bits per heavy atom. The molecule has 254 valence electrons. The van der Waals surface area contributed by atoms with Gasteiger partial charge in [0.1, 0.15) is 23.4 Å². The lowest BCUT2D eigenvalue weighted by molar-refractivity contribution is -0.165. The maximum Gasteiger partial charge on any atom is 0.426 e. The largest absolute Gasteiger partial charge is 0.426 e. The number of hydrazine groups is 1. The van der Waals surface area contributed by atoms with Crippen LogP contribution in [0.25, 0.3) is 0 Å². The van der Waals surface area contributed by atoms with Crippen LogP contribution in [-0.2, 0) is 23.5 Å². The number of rotatable bonds is 11. The number of halogens is 5. The molecule has 1 saturated heterocycles. The van der Waals surface area contributed by atoms with Gasteiger partial charge in [0.15, 0.2) is 0 Å². The Labute approximate surface area is 282 Å². The van der Waals surface area contributed by atoms with Crippen molar-refractivity contribution in [1.29, 1.82) is 0 Å². The monoisotopic (exact) mass is 696 g/mol. The van der Waals surface area contributed by atoms with Gasteiger partial charge in [-0.25, -0.2) is 15.2 Å². The summed E-state index contributed by atoms with van der Waals surface area (Å²) in [6.45, 7) is 2.47. The minimum absolute atomic E-state index is 0.0438. The van der Waals surface area contributed by atoms with Crippen LogP contribution in [0.3, 0.4) is 0 Å². The summed E-state index contributed by atoms with van der Waals surface area (Å²) >= 11 is 6.41. The first kappa shape index (κ1) is 33.7. The van der Waals surface area contributed by atoms with E-state index in [2.05, 4.69) is 42.1 Å². The summed E-state index contributed by atoms with van der Waals surface area (Å²) in [6.07, 6.45) is 0.854. The number of aryl methyl sites for hydroxylation is 1. The third-order valence-electron chi connectivity index (χ3n) is 7.94. The Bertz CT molecular complexity index is 1930. The standard InChI is InChI=1S/C32H29ClF4N10O2/c1-18-26(27(24-8-7-22(34)15-25(24)33)42-28(41-18)19-9-12-38-13-10-19)30(49)40-16-23-17-47(46-43-23)14-2-11-39-29(48)20-3-5-21(6-4-20)31(44-45-31)32(35,36)37/h3-10,12-13,15,17,27,44-45H,2,11,14,16H2,1H3,(H,39,48)(H,40,49)(H,41,42). The number of carbonyl (C=O) groups is 2. The molecule has 0 bridgehead atoms. The van der Waals surface area contributed by atoms with Crippen molar-refractivity contribution in [3.8, 4) is 0 Å². The van der Waals surface area contributed by atoms with E-state index in [1.807, 2.05) is 0 Å². The third-order valence-corrected chi connectivity index (χ3v) is 8.27. The molecule has 12 nitrogen and oxygen atoms in total. The molecule has 49 heavy (non-hydrogen) atoms. The summed E-state index contributed by atoms with van der Waals surface area (Å²) in [6, 6.07) is 11.8. The van der Waals surface area contributed by atoms with Crippen molar-refractivity contribution in [2.75, 3.05) is 6.54 Å². The smallest absolute Gasteiger partial charge is 0.352 e. The zero-order valence-electron chi connectivity index (χ0n) is 25.8. The molecule has 0 saturated carbocycles. The van der Waals surface area contributed by atoms with Gasteiger partial charge in [-0.3, -0.25) is 24.2 Å². The number of allylic oxidation sites excluding steroid dienone is 1. The number of hydrogen-bond acceptors (Lipinski definition) is 9. The van der Waals surface area contributed by atoms with Crippen molar-refractivity contribution in [2.24, 2.45) is 4.99 Å². The summed E-state index contributed by atoms with van der Waals surface area (Å²) in [5, 5.41) is 17.1. The molecule has 2 aliphatic heterocycles. The van der Waals surface area contributed by atoms with Gasteiger partial charge in [0.05, 0.1) is 18.3 Å². The van der Waals surface area contributed by atoms with Crippen LogP contribution in [0.5, 0.6) is 0 Å². The van der Waals surface area contributed by atoms with E-state index >= 15 is 0 Å². The van der Waals surface area contributed by atoms with Gasteiger partial charge in [0, 0.05) is 52.9 Å². The van der Waals surface area contributed by atoms with E-state index in [1.165, 1.54) is 42.5 Å². The number of alkyl halides is 3. The first-order valence-corrected chi connectivity index (χ1v) is 15.4. The topological polar surface area (TPSA) is 170 Å². The van der Waals surface area contributed by atoms with E-state index in [4.69, 9.17) is 16.6 Å². The highest BCUT2D eigenvalue weighted by atomic mass is 35.5. The Kier molecular flexibility index (Phi) is 9.45. The van der Waals surface area contributed by atoms with E-state index in [0.717, 1.165) is 5.56 Å². The number of amidine groups is 1. The first-order chi connectivity index (χ1) is 23.4. The molecule has 17 heteroatoms. The van der Waals surface area contributed by atoms with Gasteiger partial charge in [-0.1, -0.05) is 35.0 Å². The van der Waals surface area contributed by atoms with Crippen molar-refractivity contribution >= 4 is 29.3 Å². The number of aliphatic imine (C=N–C) groups is 1. The maximum atomic E-state index is 13.9. The molecule has 2 amide bonds. The Hall–Kier alpha value is -5.19. The quantitative estimate of drug-likeness (QED) is 0.0896. The third kappa shape index (κ3) is 7.30. The lowest BCUT2D eigenvalue weighted by atomic mass is 9.94. The van der Waals surface area contributed by atoms with Gasteiger partial charge in [0.2, 0.25) is 5.66 Å². The van der Waals surface area contributed by atoms with Gasteiger partial charge < -0.3 is 16.0 Å². The molecule has 0 spiro atoms. The average Bonchev–Trinajstić information content (AvgIpc) is 3.79. The summed E-state index contributed by atoms with van der Waals surface area (Å²) in [7, 11) is 0. The average molecular weight is 697 g/mol. The Balaban J connectivity index is 1.03. The van der Waals surface area contributed by atoms with Crippen molar-refractivity contribution in [2.45, 2.75) is 44.3 Å². The molecule has 4 aromatic rings. The van der Waals surface area contributed by atoms with Crippen LogP contribution < -0.4 is 26.8 Å². The fourth-order valence-electron chi connectivity index (χ4n) is 5.30. The highest BCUT2D eigenvalue weighted by molar-refractivity contribution is 6.31. The van der Waals surface area contributed by atoms with Gasteiger partial charge in [-0.15, -0.1) is 5.10 Å². The van der Waals surface area contributed by atoms with Gasteiger partial charge in [-0.05, 0) is 55.3 Å². The zero-order chi connectivity index (χ0) is 34.8. The molecule has 6 rings (SSSR count). The molecule has 1 unspecified atom stereocenters. The van der Waals surface area contributed by atoms with Crippen LogP contribution in [-0.4, -0.2) is 50.3 Å². The van der Waals surface area contributed by atoms with Crippen LogP contribution in [0.4, 0.5) is 17.6 Å². The Morgan fingerprint density at radius 3 is 2.43 bits per heavy atom. The fraction of sp³-hybridized carbons (Fsp3) is 0.250. The first-order valence-electron chi connectivity index (χ1n) is 15.0. The molecular weight excluding hydrogens is 668 g/mol. The van der Waals surface area contributed by atoms with Crippen molar-refractivity contribution < 1.29 is 27.2 Å². The van der Waals surface area contributed by atoms with Crippen molar-refractivity contribution in [1.82, 2.24) is 46.8 Å². The minimum Gasteiger partial charge on any atom is -0.352 e. The number of nitrogens with zero attached hydrogens (tertiary/aromatic N) is 5. The normalized spacial score (nSPS) is 16.9. The van der Waals surface area contributed by atoms with Gasteiger partial charge >= 0.3 is 6.18 Å². The van der Waals surface area contributed by atoms with Crippen LogP contribution in [0, 0.1) is 5.82 Å². The predicted molar refractivity (Wildman–Crippen MR) is 170 cm³/mol. The molecule has 0 aliphatic carbocycles. The van der Waals surface area contributed by atoms with Gasteiger partial charge in [-0.2, -0.15) is 13.2 Å². The number of nitrogens with one attached hydrogen (secondary N) is 5. The SMILES string of the molecule is CC1=C(C(=O)NCc2cn(CCCNC(=O)c3ccc(C4(C(F)(F)F)NN4)cc3)nn2)C(c2ccc(F)cc2Cl)N=C(c2ccncc2)N1. The van der Waals surface area contributed by atoms with Crippen molar-refractivity contribution in [3.63, 3.8) is 0 Å². The van der Waals surface area contributed by atoms with E-state index < -0.39 is 35.5 Å². The second-order valence-corrected chi connectivity index (χ2v) is 11.7. The van der Waals surface area contributed by atoms with Crippen LogP contribution in [0.1, 0.15) is 52.1 Å². The van der Waals surface area contributed by atoms with E-state index in [0.29, 0.717) is 41.3 Å². The number of carbonyl (C=O) groups excluding carboxylic acids is 2. The summed E-state index contributed by atoms with van der Waals surface area (Å²) in [5.41, 5.74) is 4.66. The molecule has 2 aromatic carbocycles. The molecule has 4 heterocycles.